The van der Waals surface area contributed by atoms with Gasteiger partial charge in [0.25, 0.3) is 0 Å². The van der Waals surface area contributed by atoms with Crippen LogP contribution in [0.1, 0.15) is 19.4 Å². The van der Waals surface area contributed by atoms with E-state index < -0.39 is 0 Å². The van der Waals surface area contributed by atoms with Crippen LogP contribution in [-0.2, 0) is 6.54 Å². The van der Waals surface area contributed by atoms with Gasteiger partial charge in [-0.2, -0.15) is 0 Å². The van der Waals surface area contributed by atoms with Gasteiger partial charge in [-0.1, -0.05) is 31.5 Å². The van der Waals surface area contributed by atoms with Crippen molar-refractivity contribution >= 4 is 11.6 Å². The number of hydrogen-bond donors (Lipinski definition) is 1. The molecule has 0 aromatic heterocycles. The molecule has 0 spiro atoms. The molecule has 1 rings (SSSR count). The normalized spacial score (nSPS) is 9.00. The molecule has 74 valence electrons. The van der Waals surface area contributed by atoms with Crippen molar-refractivity contribution < 1.29 is 4.39 Å². The van der Waals surface area contributed by atoms with Crippen LogP contribution in [0.25, 0.3) is 0 Å². The summed E-state index contributed by atoms with van der Waals surface area (Å²) in [4.78, 5) is 0. The summed E-state index contributed by atoms with van der Waals surface area (Å²) >= 11 is 5.73. The minimum atomic E-state index is -0.296. The Morgan fingerprint density at radius 1 is 1.38 bits per heavy atom. The van der Waals surface area contributed by atoms with Crippen LogP contribution in [0.5, 0.6) is 0 Å². The molecule has 0 radical (unpaired) electrons. The van der Waals surface area contributed by atoms with Crippen molar-refractivity contribution in [1.29, 1.82) is 0 Å². The lowest BCUT2D eigenvalue weighted by molar-refractivity contribution is 0.626. The van der Waals surface area contributed by atoms with E-state index in [2.05, 4.69) is 5.32 Å². The molecule has 0 aliphatic heterocycles. The van der Waals surface area contributed by atoms with E-state index in [1.54, 1.807) is 6.07 Å². The Morgan fingerprint density at radius 2 is 2.00 bits per heavy atom. The Morgan fingerprint density at radius 3 is 2.46 bits per heavy atom. The van der Waals surface area contributed by atoms with Gasteiger partial charge in [0.2, 0.25) is 0 Å². The van der Waals surface area contributed by atoms with E-state index in [0.29, 0.717) is 11.6 Å². The Hall–Kier alpha value is -0.600. The van der Waals surface area contributed by atoms with Crippen molar-refractivity contribution in [2.45, 2.75) is 20.4 Å². The van der Waals surface area contributed by atoms with Crippen LogP contribution in [0.2, 0.25) is 5.02 Å². The fourth-order valence-corrected chi connectivity index (χ4v) is 1.09. The lowest BCUT2D eigenvalue weighted by Gasteiger charge is -2.01. The Balaban J connectivity index is 0.000000671. The van der Waals surface area contributed by atoms with Gasteiger partial charge in [-0.05, 0) is 24.7 Å². The van der Waals surface area contributed by atoms with E-state index >= 15 is 0 Å². The topological polar surface area (TPSA) is 12.0 Å². The van der Waals surface area contributed by atoms with E-state index in [1.165, 1.54) is 12.1 Å². The second-order valence-corrected chi connectivity index (χ2v) is 2.67. The van der Waals surface area contributed by atoms with Crippen molar-refractivity contribution in [3.63, 3.8) is 0 Å². The minimum Gasteiger partial charge on any atom is -0.316 e. The number of nitrogens with one attached hydrogen (secondary N) is 1. The molecule has 0 bridgehead atoms. The van der Waals surface area contributed by atoms with Gasteiger partial charge in [-0.3, -0.25) is 0 Å². The highest BCUT2D eigenvalue weighted by Crippen LogP contribution is 2.16. The second-order valence-electron chi connectivity index (χ2n) is 2.27. The van der Waals surface area contributed by atoms with Crippen LogP contribution in [0, 0.1) is 5.82 Å². The van der Waals surface area contributed by atoms with Crippen molar-refractivity contribution in [3.05, 3.63) is 34.6 Å². The van der Waals surface area contributed by atoms with Crippen molar-refractivity contribution in [3.8, 4) is 0 Å². The molecule has 0 fully saturated rings. The highest BCUT2D eigenvalue weighted by atomic mass is 35.5. The number of halogens is 2. The van der Waals surface area contributed by atoms with Gasteiger partial charge >= 0.3 is 0 Å². The molecular formula is C10H15ClFN. The van der Waals surface area contributed by atoms with Crippen molar-refractivity contribution in [2.75, 3.05) is 7.05 Å². The lowest BCUT2D eigenvalue weighted by Crippen LogP contribution is -2.05. The van der Waals surface area contributed by atoms with E-state index in [4.69, 9.17) is 11.6 Å². The van der Waals surface area contributed by atoms with Gasteiger partial charge in [0.05, 0.1) is 0 Å². The standard InChI is InChI=1S/C8H9ClFN.C2H6/c1-11-5-6-2-3-7(10)4-8(6)9;1-2/h2-4,11H,5H2,1H3;1-2H3. The average Bonchev–Trinajstić information content (AvgIpc) is 2.14. The molecule has 0 atom stereocenters. The first-order valence-corrected chi connectivity index (χ1v) is 4.70. The zero-order valence-corrected chi connectivity index (χ0v) is 8.95. The van der Waals surface area contributed by atoms with Gasteiger partial charge in [-0.15, -0.1) is 0 Å². The van der Waals surface area contributed by atoms with Crippen LogP contribution in [0.4, 0.5) is 4.39 Å². The largest absolute Gasteiger partial charge is 0.316 e. The van der Waals surface area contributed by atoms with E-state index in [-0.39, 0.29) is 5.82 Å². The molecule has 1 nitrogen and oxygen atoms in total. The van der Waals surface area contributed by atoms with Gasteiger partial charge in [0, 0.05) is 11.6 Å². The summed E-state index contributed by atoms with van der Waals surface area (Å²) in [6, 6.07) is 4.39. The predicted octanol–water partition coefficient (Wildman–Crippen LogP) is 3.22. The molecule has 1 N–H and O–H groups in total. The SMILES string of the molecule is CC.CNCc1ccc(F)cc1Cl. The number of rotatable bonds is 2. The Labute approximate surface area is 83.9 Å². The van der Waals surface area contributed by atoms with Crippen molar-refractivity contribution in [2.24, 2.45) is 0 Å². The molecular weight excluding hydrogens is 189 g/mol. The third-order valence-electron chi connectivity index (χ3n) is 1.38. The van der Waals surface area contributed by atoms with Crippen LogP contribution in [-0.4, -0.2) is 7.05 Å². The summed E-state index contributed by atoms with van der Waals surface area (Å²) in [6.45, 7) is 4.67. The summed E-state index contributed by atoms with van der Waals surface area (Å²) in [5.41, 5.74) is 0.913. The zero-order valence-electron chi connectivity index (χ0n) is 8.20. The molecule has 1 aromatic rings. The molecule has 1 aromatic carbocycles. The maximum Gasteiger partial charge on any atom is 0.124 e. The van der Waals surface area contributed by atoms with Gasteiger partial charge < -0.3 is 5.32 Å². The maximum absolute atomic E-state index is 12.5. The molecule has 13 heavy (non-hydrogen) atoms. The van der Waals surface area contributed by atoms with E-state index in [1.807, 2.05) is 20.9 Å². The quantitative estimate of drug-likeness (QED) is 0.779. The van der Waals surface area contributed by atoms with Crippen LogP contribution in [0.3, 0.4) is 0 Å². The fraction of sp³-hybridized carbons (Fsp3) is 0.400. The first kappa shape index (κ1) is 12.4. The average molecular weight is 204 g/mol. The minimum absolute atomic E-state index is 0.296. The number of benzene rings is 1. The summed E-state index contributed by atoms with van der Waals surface area (Å²) in [6.07, 6.45) is 0. The van der Waals surface area contributed by atoms with E-state index in [9.17, 15) is 4.39 Å². The third-order valence-corrected chi connectivity index (χ3v) is 1.73. The first-order valence-electron chi connectivity index (χ1n) is 4.32. The van der Waals surface area contributed by atoms with Crippen LogP contribution in [0.15, 0.2) is 18.2 Å². The molecule has 0 saturated heterocycles. The fourth-order valence-electron chi connectivity index (χ4n) is 0.855. The summed E-state index contributed by atoms with van der Waals surface area (Å²) in [5.74, 6) is -0.296. The molecule has 0 amide bonds. The second kappa shape index (κ2) is 6.87. The molecule has 3 heteroatoms. The molecule has 0 aliphatic carbocycles. The summed E-state index contributed by atoms with van der Waals surface area (Å²) in [7, 11) is 1.82. The van der Waals surface area contributed by atoms with Gasteiger partial charge in [-0.25, -0.2) is 4.39 Å². The Bertz CT molecular complexity index is 251. The summed E-state index contributed by atoms with van der Waals surface area (Å²) in [5, 5.41) is 3.41. The smallest absolute Gasteiger partial charge is 0.124 e. The molecule has 0 heterocycles. The zero-order chi connectivity index (χ0) is 10.3. The monoisotopic (exact) mass is 203 g/mol. The van der Waals surface area contributed by atoms with Crippen molar-refractivity contribution in [1.82, 2.24) is 5.32 Å². The predicted molar refractivity (Wildman–Crippen MR) is 55.5 cm³/mol. The molecule has 0 aliphatic rings. The van der Waals surface area contributed by atoms with Crippen LogP contribution >= 0.6 is 11.6 Å². The maximum atomic E-state index is 12.5. The van der Waals surface area contributed by atoms with Gasteiger partial charge in [0.1, 0.15) is 5.82 Å². The molecule has 0 unspecified atom stereocenters. The van der Waals surface area contributed by atoms with Crippen LogP contribution < -0.4 is 5.32 Å². The first-order chi connectivity index (χ1) is 6.24. The molecule has 0 saturated carbocycles. The lowest BCUT2D eigenvalue weighted by atomic mass is 10.2. The Kier molecular flexibility index (Phi) is 6.55. The van der Waals surface area contributed by atoms with Gasteiger partial charge in [0.15, 0.2) is 0 Å². The third kappa shape index (κ3) is 4.25. The summed E-state index contributed by atoms with van der Waals surface area (Å²) < 4.78 is 12.5. The van der Waals surface area contributed by atoms with E-state index in [0.717, 1.165) is 5.56 Å². The highest BCUT2D eigenvalue weighted by molar-refractivity contribution is 6.31. The number of hydrogen-bond acceptors (Lipinski definition) is 1. The highest BCUT2D eigenvalue weighted by Gasteiger charge is 1.99.